The van der Waals surface area contributed by atoms with Crippen LogP contribution in [-0.2, 0) is 4.79 Å². The Kier molecular flexibility index (Phi) is 5.23. The summed E-state index contributed by atoms with van der Waals surface area (Å²) in [6.45, 7) is 4.56. The Balaban J connectivity index is 1.95. The van der Waals surface area contributed by atoms with Gasteiger partial charge < -0.3 is 9.84 Å². The zero-order chi connectivity index (χ0) is 15.3. The summed E-state index contributed by atoms with van der Waals surface area (Å²) in [4.78, 5) is 11.8. The smallest absolute Gasteiger partial charge is 0.324 e. The molecule has 1 fully saturated rings. The van der Waals surface area contributed by atoms with E-state index >= 15 is 0 Å². The largest absolute Gasteiger partial charge is 0.494 e. The van der Waals surface area contributed by atoms with Gasteiger partial charge >= 0.3 is 5.97 Å². The van der Waals surface area contributed by atoms with Gasteiger partial charge in [0.15, 0.2) is 0 Å². The number of hydrogen-bond donors (Lipinski definition) is 2. The number of rotatable bonds is 7. The van der Waals surface area contributed by atoms with E-state index in [0.717, 1.165) is 25.0 Å². The van der Waals surface area contributed by atoms with Crippen molar-refractivity contribution in [3.8, 4) is 5.75 Å². The number of carboxylic acids is 1. The third kappa shape index (κ3) is 3.76. The van der Waals surface area contributed by atoms with Gasteiger partial charge in [0.25, 0.3) is 0 Å². The van der Waals surface area contributed by atoms with Crippen LogP contribution in [0, 0.1) is 5.92 Å². The van der Waals surface area contributed by atoms with E-state index in [0.29, 0.717) is 13.0 Å². The predicted molar refractivity (Wildman–Crippen MR) is 82.5 cm³/mol. The van der Waals surface area contributed by atoms with E-state index < -0.39 is 11.5 Å². The summed E-state index contributed by atoms with van der Waals surface area (Å²) in [5.74, 6) is 0.243. The first-order valence-electron chi connectivity index (χ1n) is 7.73. The molecule has 21 heavy (non-hydrogen) atoms. The molecule has 0 spiro atoms. The molecule has 2 rings (SSSR count). The second kappa shape index (κ2) is 6.94. The van der Waals surface area contributed by atoms with Gasteiger partial charge in [0.1, 0.15) is 11.3 Å². The lowest BCUT2D eigenvalue weighted by Gasteiger charge is -2.34. The minimum atomic E-state index is -0.784. The fraction of sp³-hybridized carbons (Fsp3) is 0.588. The van der Waals surface area contributed by atoms with Crippen LogP contribution < -0.4 is 10.1 Å². The maximum absolute atomic E-state index is 11.8. The molecular weight excluding hydrogens is 266 g/mol. The molecule has 1 aliphatic rings. The summed E-state index contributed by atoms with van der Waals surface area (Å²) in [6.07, 6.45) is 3.38. The fourth-order valence-electron chi connectivity index (χ4n) is 3.35. The van der Waals surface area contributed by atoms with Crippen LogP contribution >= 0.6 is 0 Å². The Morgan fingerprint density at radius 1 is 1.43 bits per heavy atom. The van der Waals surface area contributed by atoms with Crippen molar-refractivity contribution in [2.45, 2.75) is 51.1 Å². The monoisotopic (exact) mass is 291 g/mol. The lowest BCUT2D eigenvalue weighted by molar-refractivity contribution is -0.147. The van der Waals surface area contributed by atoms with Crippen LogP contribution in [0.15, 0.2) is 30.3 Å². The summed E-state index contributed by atoms with van der Waals surface area (Å²) in [5.41, 5.74) is -0.784. The quantitative estimate of drug-likeness (QED) is 0.810. The molecule has 1 aliphatic carbocycles. The van der Waals surface area contributed by atoms with Gasteiger partial charge in [-0.25, -0.2) is 0 Å². The Bertz CT molecular complexity index is 460. The van der Waals surface area contributed by atoms with Crippen molar-refractivity contribution >= 4 is 5.97 Å². The fourth-order valence-corrected chi connectivity index (χ4v) is 3.35. The molecule has 4 nitrogen and oxygen atoms in total. The molecule has 1 aromatic carbocycles. The zero-order valence-electron chi connectivity index (χ0n) is 12.8. The molecule has 0 radical (unpaired) electrons. The van der Waals surface area contributed by atoms with Crippen LogP contribution in [0.3, 0.4) is 0 Å². The second-order valence-electron chi connectivity index (χ2n) is 6.11. The highest BCUT2D eigenvalue weighted by Gasteiger charge is 2.49. The van der Waals surface area contributed by atoms with Crippen molar-refractivity contribution in [2.75, 3.05) is 6.61 Å². The van der Waals surface area contributed by atoms with E-state index in [2.05, 4.69) is 5.32 Å². The molecule has 116 valence electrons. The third-order valence-corrected chi connectivity index (χ3v) is 4.23. The Morgan fingerprint density at radius 2 is 2.14 bits per heavy atom. The average Bonchev–Trinajstić information content (AvgIpc) is 2.83. The molecule has 4 heteroatoms. The molecule has 2 atom stereocenters. The number of carboxylic acid groups (broad SMARTS) is 1. The van der Waals surface area contributed by atoms with E-state index in [9.17, 15) is 9.90 Å². The molecule has 1 aromatic rings. The molecular formula is C17H25NO3. The first-order chi connectivity index (χ1) is 10.0. The normalized spacial score (nSPS) is 25.2. The van der Waals surface area contributed by atoms with Gasteiger partial charge in [-0.1, -0.05) is 24.6 Å². The topological polar surface area (TPSA) is 58.6 Å². The minimum absolute atomic E-state index is 0.126. The van der Waals surface area contributed by atoms with Gasteiger partial charge in [-0.05, 0) is 51.2 Å². The molecule has 2 N–H and O–H groups in total. The first kappa shape index (κ1) is 15.8. The molecule has 1 saturated carbocycles. The zero-order valence-corrected chi connectivity index (χ0v) is 12.8. The van der Waals surface area contributed by atoms with Crippen LogP contribution in [0.2, 0.25) is 0 Å². The molecule has 0 heterocycles. The third-order valence-electron chi connectivity index (χ3n) is 4.23. The van der Waals surface area contributed by atoms with Crippen molar-refractivity contribution < 1.29 is 14.6 Å². The SMILES string of the molecule is CC(C)NC1(C(=O)O)CCCC1CCOc1ccccc1. The highest BCUT2D eigenvalue weighted by Crippen LogP contribution is 2.38. The summed E-state index contributed by atoms with van der Waals surface area (Å²) < 4.78 is 5.73. The van der Waals surface area contributed by atoms with E-state index in [1.165, 1.54) is 0 Å². The highest BCUT2D eigenvalue weighted by molar-refractivity contribution is 5.79. The lowest BCUT2D eigenvalue weighted by Crippen LogP contribution is -2.57. The number of hydrogen-bond acceptors (Lipinski definition) is 3. The van der Waals surface area contributed by atoms with Gasteiger partial charge in [0.05, 0.1) is 6.61 Å². The molecule has 0 aromatic heterocycles. The van der Waals surface area contributed by atoms with Crippen LogP contribution in [0.1, 0.15) is 39.5 Å². The maximum Gasteiger partial charge on any atom is 0.324 e. The van der Waals surface area contributed by atoms with E-state index in [-0.39, 0.29) is 12.0 Å². The van der Waals surface area contributed by atoms with Gasteiger partial charge in [-0.15, -0.1) is 0 Å². The van der Waals surface area contributed by atoms with Crippen LogP contribution in [0.25, 0.3) is 0 Å². The van der Waals surface area contributed by atoms with Gasteiger partial charge in [0, 0.05) is 6.04 Å². The summed E-state index contributed by atoms with van der Waals surface area (Å²) >= 11 is 0. The van der Waals surface area contributed by atoms with Crippen molar-refractivity contribution in [2.24, 2.45) is 5.92 Å². The number of benzene rings is 1. The Hall–Kier alpha value is -1.55. The minimum Gasteiger partial charge on any atom is -0.494 e. The molecule has 0 saturated heterocycles. The molecule has 0 aliphatic heterocycles. The second-order valence-corrected chi connectivity index (χ2v) is 6.11. The number of para-hydroxylation sites is 1. The van der Waals surface area contributed by atoms with Gasteiger partial charge in [-0.3, -0.25) is 10.1 Å². The van der Waals surface area contributed by atoms with Gasteiger partial charge in [-0.2, -0.15) is 0 Å². The van der Waals surface area contributed by atoms with Crippen molar-refractivity contribution in [3.63, 3.8) is 0 Å². The molecule has 0 amide bonds. The predicted octanol–water partition coefficient (Wildman–Crippen LogP) is 3.08. The standard InChI is InChI=1S/C17H25NO3/c1-13(2)18-17(16(19)20)11-6-7-14(17)10-12-21-15-8-4-3-5-9-15/h3-5,8-9,13-14,18H,6-7,10-12H2,1-2H3,(H,19,20). The Labute approximate surface area is 126 Å². The van der Waals surface area contributed by atoms with Crippen LogP contribution in [-0.4, -0.2) is 29.3 Å². The van der Waals surface area contributed by atoms with Crippen LogP contribution in [0.5, 0.6) is 5.75 Å². The van der Waals surface area contributed by atoms with Gasteiger partial charge in [0.2, 0.25) is 0 Å². The van der Waals surface area contributed by atoms with Crippen molar-refractivity contribution in [1.29, 1.82) is 0 Å². The van der Waals surface area contributed by atoms with Crippen molar-refractivity contribution in [3.05, 3.63) is 30.3 Å². The van der Waals surface area contributed by atoms with E-state index in [4.69, 9.17) is 4.74 Å². The summed E-state index contributed by atoms with van der Waals surface area (Å²) in [5, 5.41) is 13.0. The lowest BCUT2D eigenvalue weighted by atomic mass is 9.84. The van der Waals surface area contributed by atoms with E-state index in [1.54, 1.807) is 0 Å². The number of ether oxygens (including phenoxy) is 1. The number of carbonyl (C=O) groups is 1. The number of aliphatic carboxylic acids is 1. The van der Waals surface area contributed by atoms with E-state index in [1.807, 2.05) is 44.2 Å². The highest BCUT2D eigenvalue weighted by atomic mass is 16.5. The maximum atomic E-state index is 11.8. The number of nitrogens with one attached hydrogen (secondary N) is 1. The van der Waals surface area contributed by atoms with Crippen LogP contribution in [0.4, 0.5) is 0 Å². The molecule has 0 bridgehead atoms. The summed E-state index contributed by atoms with van der Waals surface area (Å²) in [6, 6.07) is 9.83. The van der Waals surface area contributed by atoms with Crippen molar-refractivity contribution in [1.82, 2.24) is 5.32 Å². The Morgan fingerprint density at radius 3 is 2.76 bits per heavy atom. The average molecular weight is 291 g/mol. The summed E-state index contributed by atoms with van der Waals surface area (Å²) in [7, 11) is 0. The molecule has 2 unspecified atom stereocenters. The first-order valence-corrected chi connectivity index (χ1v) is 7.73.